The summed E-state index contributed by atoms with van der Waals surface area (Å²) in [5, 5.41) is 9.66. The SMILES string of the molecule is N#Cc1ccc(CSc2nc3sc4c(c3c(=O)n2-c2ccccc2C(F)(F)F)CCCC4)cc1. The summed E-state index contributed by atoms with van der Waals surface area (Å²) < 4.78 is 42.8. The molecule has 0 atom stereocenters. The highest BCUT2D eigenvalue weighted by atomic mass is 32.2. The van der Waals surface area contributed by atoms with Crippen molar-refractivity contribution in [2.45, 2.75) is 42.8 Å². The Morgan fingerprint density at radius 1 is 1.09 bits per heavy atom. The first-order valence-corrected chi connectivity index (χ1v) is 12.5. The molecule has 4 aromatic rings. The summed E-state index contributed by atoms with van der Waals surface area (Å²) in [4.78, 5) is 20.2. The maximum absolute atomic E-state index is 13.9. The summed E-state index contributed by atoms with van der Waals surface area (Å²) in [6.45, 7) is 0. The van der Waals surface area contributed by atoms with Gasteiger partial charge >= 0.3 is 6.18 Å². The molecule has 9 heteroatoms. The van der Waals surface area contributed by atoms with E-state index in [-0.39, 0.29) is 10.8 Å². The molecule has 0 unspecified atom stereocenters. The quantitative estimate of drug-likeness (QED) is 0.238. The molecule has 2 aromatic heterocycles. The van der Waals surface area contributed by atoms with E-state index in [1.54, 1.807) is 24.3 Å². The monoisotopic (exact) mass is 497 g/mol. The van der Waals surface area contributed by atoms with Crippen LogP contribution in [0.4, 0.5) is 13.2 Å². The number of alkyl halides is 3. The van der Waals surface area contributed by atoms with Crippen molar-refractivity contribution in [3.8, 4) is 11.8 Å². The Morgan fingerprint density at radius 2 is 1.82 bits per heavy atom. The van der Waals surface area contributed by atoms with Crippen LogP contribution in [0.3, 0.4) is 0 Å². The third kappa shape index (κ3) is 4.12. The van der Waals surface area contributed by atoms with E-state index in [4.69, 9.17) is 10.2 Å². The van der Waals surface area contributed by atoms with Gasteiger partial charge in [-0.15, -0.1) is 11.3 Å². The van der Waals surface area contributed by atoms with Crippen LogP contribution in [0.2, 0.25) is 0 Å². The maximum atomic E-state index is 13.9. The molecule has 0 spiro atoms. The number of para-hydroxylation sites is 1. The van der Waals surface area contributed by atoms with Gasteiger partial charge in [-0.1, -0.05) is 36.0 Å². The Kier molecular flexibility index (Phi) is 5.96. The number of nitrogens with zero attached hydrogens (tertiary/aromatic N) is 3. The Morgan fingerprint density at radius 3 is 2.56 bits per heavy atom. The highest BCUT2D eigenvalue weighted by Gasteiger charge is 2.35. The minimum Gasteiger partial charge on any atom is -0.268 e. The lowest BCUT2D eigenvalue weighted by atomic mass is 9.97. The molecule has 0 bridgehead atoms. The summed E-state index contributed by atoms with van der Waals surface area (Å²) in [6, 6.07) is 14.1. The molecule has 1 aliphatic carbocycles. The lowest BCUT2D eigenvalue weighted by Gasteiger charge is -2.17. The van der Waals surface area contributed by atoms with Gasteiger partial charge in [0, 0.05) is 10.6 Å². The molecule has 0 saturated carbocycles. The second-order valence-electron chi connectivity index (χ2n) is 8.04. The highest BCUT2D eigenvalue weighted by Crippen LogP contribution is 2.38. The van der Waals surface area contributed by atoms with E-state index >= 15 is 0 Å². The summed E-state index contributed by atoms with van der Waals surface area (Å²) in [7, 11) is 0. The number of nitriles is 1. The molecular formula is C25H18F3N3OS2. The van der Waals surface area contributed by atoms with Crippen molar-refractivity contribution in [1.29, 1.82) is 5.26 Å². The number of hydrogen-bond donors (Lipinski definition) is 0. The molecule has 2 heterocycles. The van der Waals surface area contributed by atoms with E-state index in [0.29, 0.717) is 21.5 Å². The van der Waals surface area contributed by atoms with Crippen LogP contribution in [0.25, 0.3) is 15.9 Å². The molecule has 34 heavy (non-hydrogen) atoms. The van der Waals surface area contributed by atoms with Crippen molar-refractivity contribution < 1.29 is 13.2 Å². The zero-order valence-electron chi connectivity index (χ0n) is 17.9. The van der Waals surface area contributed by atoms with E-state index in [1.165, 1.54) is 41.3 Å². The van der Waals surface area contributed by atoms with Gasteiger partial charge in [-0.05, 0) is 61.1 Å². The fourth-order valence-corrected chi connectivity index (χ4v) is 6.49. The molecular weight excluding hydrogens is 479 g/mol. The lowest BCUT2D eigenvalue weighted by molar-refractivity contribution is -0.137. The fourth-order valence-electron chi connectivity index (χ4n) is 4.23. The number of thiophene rings is 1. The van der Waals surface area contributed by atoms with Crippen LogP contribution in [-0.4, -0.2) is 9.55 Å². The van der Waals surface area contributed by atoms with Crippen molar-refractivity contribution in [3.63, 3.8) is 0 Å². The van der Waals surface area contributed by atoms with Gasteiger partial charge in [-0.25, -0.2) is 4.98 Å². The average molecular weight is 498 g/mol. The van der Waals surface area contributed by atoms with E-state index < -0.39 is 17.3 Å². The number of aryl methyl sites for hydroxylation is 2. The Bertz CT molecular complexity index is 1480. The van der Waals surface area contributed by atoms with E-state index in [9.17, 15) is 18.0 Å². The zero-order chi connectivity index (χ0) is 23.9. The molecule has 0 saturated heterocycles. The number of fused-ring (bicyclic) bond motifs is 3. The van der Waals surface area contributed by atoms with Gasteiger partial charge in [-0.2, -0.15) is 18.4 Å². The van der Waals surface area contributed by atoms with E-state index in [1.807, 2.05) is 0 Å². The van der Waals surface area contributed by atoms with Gasteiger partial charge in [0.1, 0.15) is 4.83 Å². The van der Waals surface area contributed by atoms with Crippen LogP contribution in [-0.2, 0) is 24.8 Å². The van der Waals surface area contributed by atoms with Crippen LogP contribution in [0, 0.1) is 11.3 Å². The van der Waals surface area contributed by atoms with Crippen LogP contribution in [0.15, 0.2) is 58.5 Å². The molecule has 5 rings (SSSR count). The van der Waals surface area contributed by atoms with Gasteiger partial charge in [-0.3, -0.25) is 9.36 Å². The Labute approximate surface area is 201 Å². The summed E-state index contributed by atoms with van der Waals surface area (Å²) in [6.07, 6.45) is -1.03. The number of thioether (sulfide) groups is 1. The normalized spacial score (nSPS) is 13.6. The van der Waals surface area contributed by atoms with Crippen LogP contribution in [0.1, 0.15) is 40.0 Å². The standard InChI is InChI=1S/C25H18F3N3OS2/c26-25(27,28)18-6-2-3-7-19(18)31-23(32)21-17-5-1-4-8-20(17)34-22(21)30-24(31)33-14-16-11-9-15(13-29)10-12-16/h2-3,6-7,9-12H,1,4-5,8,14H2. The van der Waals surface area contributed by atoms with E-state index in [0.717, 1.165) is 52.3 Å². The van der Waals surface area contributed by atoms with Crippen molar-refractivity contribution in [2.24, 2.45) is 0 Å². The molecule has 1 aliphatic rings. The van der Waals surface area contributed by atoms with Gasteiger partial charge in [0.05, 0.1) is 28.3 Å². The number of halogens is 3. The summed E-state index contributed by atoms with van der Waals surface area (Å²) in [5.41, 5.74) is 0.789. The maximum Gasteiger partial charge on any atom is 0.418 e. The van der Waals surface area contributed by atoms with Gasteiger partial charge in [0.15, 0.2) is 5.16 Å². The number of benzene rings is 2. The van der Waals surface area contributed by atoms with Gasteiger partial charge in [0.25, 0.3) is 5.56 Å². The lowest BCUT2D eigenvalue weighted by Crippen LogP contribution is -2.25. The van der Waals surface area contributed by atoms with Crippen LogP contribution < -0.4 is 5.56 Å². The summed E-state index contributed by atoms with van der Waals surface area (Å²) >= 11 is 2.68. The molecule has 0 amide bonds. The minimum absolute atomic E-state index is 0.215. The molecule has 0 N–H and O–H groups in total. The molecule has 0 fully saturated rings. The topological polar surface area (TPSA) is 58.7 Å². The minimum atomic E-state index is -4.62. The second kappa shape index (κ2) is 8.93. The van der Waals surface area contributed by atoms with Crippen molar-refractivity contribution in [3.05, 3.63) is 86.0 Å². The predicted molar refractivity (Wildman–Crippen MR) is 128 cm³/mol. The molecule has 172 valence electrons. The smallest absolute Gasteiger partial charge is 0.268 e. The Balaban J connectivity index is 1.69. The van der Waals surface area contributed by atoms with Crippen LogP contribution in [0.5, 0.6) is 0 Å². The zero-order valence-corrected chi connectivity index (χ0v) is 19.5. The molecule has 0 radical (unpaired) electrons. The first kappa shape index (κ1) is 22.7. The highest BCUT2D eigenvalue weighted by molar-refractivity contribution is 7.98. The van der Waals surface area contributed by atoms with Crippen molar-refractivity contribution in [1.82, 2.24) is 9.55 Å². The van der Waals surface area contributed by atoms with Crippen LogP contribution >= 0.6 is 23.1 Å². The first-order chi connectivity index (χ1) is 16.4. The average Bonchev–Trinajstić information content (AvgIpc) is 3.21. The third-order valence-electron chi connectivity index (χ3n) is 5.86. The predicted octanol–water partition coefficient (Wildman–Crippen LogP) is 6.51. The van der Waals surface area contributed by atoms with Gasteiger partial charge < -0.3 is 0 Å². The van der Waals surface area contributed by atoms with Crippen molar-refractivity contribution in [2.75, 3.05) is 0 Å². The Hall–Kier alpha value is -3.09. The number of rotatable bonds is 4. The van der Waals surface area contributed by atoms with Crippen molar-refractivity contribution >= 4 is 33.3 Å². The number of hydrogen-bond acceptors (Lipinski definition) is 5. The second-order valence-corrected chi connectivity index (χ2v) is 10.1. The fraction of sp³-hybridized carbons (Fsp3) is 0.240. The largest absolute Gasteiger partial charge is 0.418 e. The third-order valence-corrected chi connectivity index (χ3v) is 8.05. The van der Waals surface area contributed by atoms with Gasteiger partial charge in [0.2, 0.25) is 0 Å². The molecule has 0 aliphatic heterocycles. The number of aromatic nitrogens is 2. The summed E-state index contributed by atoms with van der Waals surface area (Å²) in [5.74, 6) is 0.392. The molecule has 4 nitrogen and oxygen atoms in total. The van der Waals surface area contributed by atoms with E-state index in [2.05, 4.69) is 6.07 Å². The first-order valence-electron chi connectivity index (χ1n) is 10.7. The molecule has 2 aromatic carbocycles.